The molecule has 8 aromatic rings. The Balaban J connectivity index is 0.00000361. The van der Waals surface area contributed by atoms with E-state index in [1.165, 1.54) is 16.7 Å². The van der Waals surface area contributed by atoms with Crippen LogP contribution < -0.4 is 0 Å². The molecular weight excluding hydrogens is 794 g/mol. The molecule has 0 amide bonds. The zero-order valence-corrected chi connectivity index (χ0v) is 29.8. The first kappa shape index (κ1) is 31.7. The molecule has 1 aliphatic carbocycles. The van der Waals surface area contributed by atoms with Gasteiger partial charge in [-0.3, -0.25) is 9.97 Å². The first-order valence-electron chi connectivity index (χ1n) is 16.6. The van der Waals surface area contributed by atoms with Crippen molar-refractivity contribution in [1.29, 1.82) is 0 Å². The van der Waals surface area contributed by atoms with Crippen molar-refractivity contribution in [3.05, 3.63) is 169 Å². The van der Waals surface area contributed by atoms with Gasteiger partial charge in [0.1, 0.15) is 11.4 Å². The van der Waals surface area contributed by atoms with Crippen molar-refractivity contribution in [2.45, 2.75) is 19.3 Å². The van der Waals surface area contributed by atoms with Gasteiger partial charge in [-0.25, -0.2) is 0 Å². The van der Waals surface area contributed by atoms with E-state index in [0.717, 1.165) is 56.1 Å². The van der Waals surface area contributed by atoms with Crippen molar-refractivity contribution in [1.82, 2.24) is 14.4 Å². The average Bonchev–Trinajstić information content (AvgIpc) is 3.64. The summed E-state index contributed by atoms with van der Waals surface area (Å²) in [6, 6.07) is 53.3. The normalized spacial score (nSPS) is 12.7. The van der Waals surface area contributed by atoms with E-state index in [-0.39, 0.29) is 32.2 Å². The third kappa shape index (κ3) is 5.19. The van der Waals surface area contributed by atoms with Gasteiger partial charge in [0.05, 0.1) is 5.69 Å². The van der Waals surface area contributed by atoms with Gasteiger partial charge >= 0.3 is 0 Å². The molecule has 3 aromatic heterocycles. The summed E-state index contributed by atoms with van der Waals surface area (Å²) in [7, 11) is 0. The van der Waals surface area contributed by atoms with E-state index in [1.807, 2.05) is 60.7 Å². The third-order valence-electron chi connectivity index (χ3n) is 9.81. The Hall–Kier alpha value is -5.57. The molecular formula is C45H32N3OPt-. The molecule has 5 heteroatoms. The number of phenolic OH excluding ortho intramolecular Hbond substituents is 1. The summed E-state index contributed by atoms with van der Waals surface area (Å²) in [5.74, 6) is 0.213. The van der Waals surface area contributed by atoms with Gasteiger partial charge in [-0.05, 0) is 69.3 Å². The van der Waals surface area contributed by atoms with E-state index >= 15 is 0 Å². The standard InChI is InChI=1S/C45H32N3O.Pt/c1-45(2)37-21-10-9-20-34(37)35-28-41(49)36(27-38(35)45)40-26-33(29-14-5-3-6-15-29)25-39(46-40)31-18-13-19-32(24-31)43-44(30-16-7-4-8-17-30)48-23-12-11-22-42(48)47-43;/h3-23,25-28,49H,1-2H3;/q-1;. The quantitative estimate of drug-likeness (QED) is 0.176. The van der Waals surface area contributed by atoms with Crippen LogP contribution >= 0.6 is 0 Å². The Morgan fingerprint density at radius 1 is 0.560 bits per heavy atom. The molecule has 0 saturated heterocycles. The molecule has 0 aliphatic heterocycles. The van der Waals surface area contributed by atoms with E-state index < -0.39 is 0 Å². The van der Waals surface area contributed by atoms with Crippen LogP contribution in [0, 0.1) is 6.07 Å². The zero-order chi connectivity index (χ0) is 33.1. The number of hydrogen-bond acceptors (Lipinski definition) is 3. The van der Waals surface area contributed by atoms with Crippen LogP contribution in [-0.4, -0.2) is 19.5 Å². The SMILES string of the molecule is CC1(C)c2ccccc2-c2cc(O)c(-c3cc(-c4ccccc4)cc(-c4[c-]c(-c5nc6ccccn6c5-c5ccccc5)ccc4)n3)cc21.[Pt]. The molecule has 0 bridgehead atoms. The molecule has 0 unspecified atom stereocenters. The third-order valence-corrected chi connectivity index (χ3v) is 9.81. The van der Waals surface area contributed by atoms with Crippen LogP contribution in [0.2, 0.25) is 0 Å². The van der Waals surface area contributed by atoms with Crippen LogP contribution in [0.3, 0.4) is 0 Å². The van der Waals surface area contributed by atoms with Crippen LogP contribution in [0.5, 0.6) is 5.75 Å². The average molecular weight is 826 g/mol. The van der Waals surface area contributed by atoms with Crippen molar-refractivity contribution in [2.24, 2.45) is 0 Å². The Morgan fingerprint density at radius 3 is 2.04 bits per heavy atom. The van der Waals surface area contributed by atoms with E-state index in [1.54, 1.807) is 0 Å². The summed E-state index contributed by atoms with van der Waals surface area (Å²) in [6.45, 7) is 4.50. The van der Waals surface area contributed by atoms with Gasteiger partial charge in [-0.15, -0.1) is 24.3 Å². The zero-order valence-electron chi connectivity index (χ0n) is 27.5. The Labute approximate surface area is 306 Å². The summed E-state index contributed by atoms with van der Waals surface area (Å²) in [4.78, 5) is 10.3. The molecule has 5 aromatic carbocycles. The maximum atomic E-state index is 11.6. The van der Waals surface area contributed by atoms with Gasteiger partial charge in [0.25, 0.3) is 0 Å². The largest absolute Gasteiger partial charge is 0.507 e. The number of aromatic hydroxyl groups is 1. The summed E-state index contributed by atoms with van der Waals surface area (Å²) >= 11 is 0. The van der Waals surface area contributed by atoms with Crippen LogP contribution in [-0.2, 0) is 26.5 Å². The van der Waals surface area contributed by atoms with Crippen LogP contribution in [0.15, 0.2) is 152 Å². The second kappa shape index (κ2) is 12.4. The van der Waals surface area contributed by atoms with Gasteiger partial charge < -0.3 is 9.51 Å². The van der Waals surface area contributed by atoms with Gasteiger partial charge in [0.15, 0.2) is 0 Å². The number of imidazole rings is 1. The number of aromatic nitrogens is 3. The van der Waals surface area contributed by atoms with Crippen molar-refractivity contribution in [3.63, 3.8) is 0 Å². The molecule has 50 heavy (non-hydrogen) atoms. The first-order chi connectivity index (χ1) is 24.0. The number of hydrogen-bond donors (Lipinski definition) is 1. The molecule has 9 rings (SSSR count). The van der Waals surface area contributed by atoms with E-state index in [2.05, 4.69) is 115 Å². The van der Waals surface area contributed by atoms with Crippen molar-refractivity contribution in [2.75, 3.05) is 0 Å². The maximum absolute atomic E-state index is 11.6. The van der Waals surface area contributed by atoms with Gasteiger partial charge in [0, 0.05) is 55.3 Å². The number of phenols is 1. The van der Waals surface area contributed by atoms with E-state index in [9.17, 15) is 5.11 Å². The molecule has 0 spiro atoms. The van der Waals surface area contributed by atoms with Crippen molar-refractivity contribution in [3.8, 4) is 73.0 Å². The fourth-order valence-corrected chi connectivity index (χ4v) is 7.36. The van der Waals surface area contributed by atoms with Crippen LogP contribution in [0.4, 0.5) is 0 Å². The van der Waals surface area contributed by atoms with E-state index in [4.69, 9.17) is 9.97 Å². The Kier molecular flexibility index (Phi) is 7.85. The van der Waals surface area contributed by atoms with E-state index in [0.29, 0.717) is 11.3 Å². The minimum atomic E-state index is -0.207. The summed E-state index contributed by atoms with van der Waals surface area (Å²) in [5, 5.41) is 11.6. The number of nitrogens with zero attached hydrogens (tertiary/aromatic N) is 3. The predicted molar refractivity (Wildman–Crippen MR) is 198 cm³/mol. The minimum absolute atomic E-state index is 0. The molecule has 4 nitrogen and oxygen atoms in total. The fourth-order valence-electron chi connectivity index (χ4n) is 7.36. The minimum Gasteiger partial charge on any atom is -0.507 e. The molecule has 0 radical (unpaired) electrons. The number of pyridine rings is 2. The fraction of sp³-hybridized carbons (Fsp3) is 0.0667. The smallest absolute Gasteiger partial charge is 0.129 e. The molecule has 3 heterocycles. The van der Waals surface area contributed by atoms with Crippen molar-refractivity contribution >= 4 is 5.65 Å². The van der Waals surface area contributed by atoms with Crippen LogP contribution in [0.25, 0.3) is 72.9 Å². The summed E-state index contributed by atoms with van der Waals surface area (Å²) in [6.07, 6.45) is 2.05. The predicted octanol–water partition coefficient (Wildman–Crippen LogP) is 10.9. The van der Waals surface area contributed by atoms with Gasteiger partial charge in [-0.2, -0.15) is 0 Å². The second-order valence-corrected chi connectivity index (χ2v) is 13.2. The molecule has 1 N–H and O–H groups in total. The summed E-state index contributed by atoms with van der Waals surface area (Å²) in [5.41, 5.74) is 14.3. The maximum Gasteiger partial charge on any atom is 0.129 e. The second-order valence-electron chi connectivity index (χ2n) is 13.2. The van der Waals surface area contributed by atoms with Gasteiger partial charge in [0.2, 0.25) is 0 Å². The molecule has 1 aliphatic rings. The summed E-state index contributed by atoms with van der Waals surface area (Å²) < 4.78 is 2.13. The number of fused-ring (bicyclic) bond motifs is 4. The Bertz CT molecular complexity index is 2540. The molecule has 0 saturated carbocycles. The molecule has 0 fully saturated rings. The number of benzene rings is 5. The molecule has 0 atom stereocenters. The van der Waals surface area contributed by atoms with Gasteiger partial charge in [-0.1, -0.05) is 122 Å². The topological polar surface area (TPSA) is 50.4 Å². The Morgan fingerprint density at radius 2 is 1.24 bits per heavy atom. The number of rotatable bonds is 5. The monoisotopic (exact) mass is 825 g/mol. The van der Waals surface area contributed by atoms with Crippen LogP contribution in [0.1, 0.15) is 25.0 Å². The van der Waals surface area contributed by atoms with Crippen molar-refractivity contribution < 1.29 is 26.2 Å². The molecule has 244 valence electrons. The first-order valence-corrected chi connectivity index (χ1v) is 16.6.